The van der Waals surface area contributed by atoms with Crippen molar-refractivity contribution in [2.45, 2.75) is 30.6 Å². The van der Waals surface area contributed by atoms with Crippen molar-refractivity contribution in [2.24, 2.45) is 10.2 Å². The van der Waals surface area contributed by atoms with Crippen LogP contribution in [0.4, 0.5) is 16.6 Å². The molecule has 0 aliphatic rings. The summed E-state index contributed by atoms with van der Waals surface area (Å²) in [5, 5.41) is 12.7. The van der Waals surface area contributed by atoms with E-state index >= 15 is 0 Å². The van der Waals surface area contributed by atoms with E-state index in [9.17, 15) is 25.9 Å². The van der Waals surface area contributed by atoms with Crippen LogP contribution in [0.15, 0.2) is 50.4 Å². The second kappa shape index (κ2) is 8.21. The van der Waals surface area contributed by atoms with Gasteiger partial charge in [-0.1, -0.05) is 11.3 Å². The molecule has 0 aliphatic heterocycles. The minimum Gasteiger partial charge on any atom is -0.382 e. The van der Waals surface area contributed by atoms with Gasteiger partial charge >= 0.3 is 0 Å². The number of aromatic nitrogens is 3. The van der Waals surface area contributed by atoms with E-state index in [-0.39, 0.29) is 31.9 Å². The van der Waals surface area contributed by atoms with Gasteiger partial charge in [-0.25, -0.2) is 9.67 Å². The molecule has 0 amide bonds. The Bertz CT molecular complexity index is 1700. The van der Waals surface area contributed by atoms with E-state index in [1.807, 2.05) is 0 Å². The van der Waals surface area contributed by atoms with Crippen molar-refractivity contribution in [1.82, 2.24) is 14.8 Å². The normalized spacial score (nSPS) is 12.7. The zero-order valence-electron chi connectivity index (χ0n) is 18.0. The molecular formula is C19H18N6O6S3. The molecular weight excluding hydrogens is 504 g/mol. The van der Waals surface area contributed by atoms with Gasteiger partial charge in [-0.3, -0.25) is 9.11 Å². The molecule has 34 heavy (non-hydrogen) atoms. The van der Waals surface area contributed by atoms with E-state index in [0.717, 1.165) is 11.3 Å². The number of azo groups is 1. The highest BCUT2D eigenvalue weighted by Crippen LogP contribution is 2.36. The monoisotopic (exact) mass is 522 g/mol. The molecule has 0 bridgehead atoms. The molecule has 4 aromatic rings. The summed E-state index contributed by atoms with van der Waals surface area (Å²) in [5.41, 5.74) is 8.57. The Morgan fingerprint density at radius 3 is 2.32 bits per heavy atom. The van der Waals surface area contributed by atoms with Gasteiger partial charge in [-0.2, -0.15) is 21.9 Å². The SMILES string of the molecule is Cc1cc(S(=O)(=O)O)c2nc(/N=N/c3c(C)nn(-c4ccc(S(=O)(=O)O)cc4C)c3N)sc2c1. The fourth-order valence-corrected chi connectivity index (χ4v) is 5.60. The van der Waals surface area contributed by atoms with Gasteiger partial charge < -0.3 is 5.73 Å². The lowest BCUT2D eigenvalue weighted by molar-refractivity contribution is 0.481. The number of nitrogens with two attached hydrogens (primary N) is 1. The first-order chi connectivity index (χ1) is 15.8. The van der Waals surface area contributed by atoms with Crippen LogP contribution in [-0.4, -0.2) is 40.7 Å². The van der Waals surface area contributed by atoms with Crippen LogP contribution < -0.4 is 5.73 Å². The Labute approximate surface area is 198 Å². The molecule has 0 fully saturated rings. The molecule has 12 nitrogen and oxygen atoms in total. The maximum Gasteiger partial charge on any atom is 0.296 e. The van der Waals surface area contributed by atoms with Crippen molar-refractivity contribution >= 4 is 58.4 Å². The second-order valence-electron chi connectivity index (χ2n) is 7.44. The summed E-state index contributed by atoms with van der Waals surface area (Å²) in [6.07, 6.45) is 0. The summed E-state index contributed by atoms with van der Waals surface area (Å²) in [7, 11) is -8.83. The van der Waals surface area contributed by atoms with Crippen LogP contribution in [0.25, 0.3) is 15.9 Å². The van der Waals surface area contributed by atoms with Crippen LogP contribution in [0.3, 0.4) is 0 Å². The molecule has 2 aromatic carbocycles. The van der Waals surface area contributed by atoms with E-state index in [1.165, 1.54) is 28.9 Å². The molecule has 0 saturated heterocycles. The number of nitrogens with zero attached hydrogens (tertiary/aromatic N) is 5. The van der Waals surface area contributed by atoms with E-state index in [1.54, 1.807) is 26.8 Å². The first kappa shape index (κ1) is 23.9. The summed E-state index contributed by atoms with van der Waals surface area (Å²) in [6, 6.07) is 7.01. The van der Waals surface area contributed by atoms with Crippen molar-refractivity contribution in [1.29, 1.82) is 0 Å². The zero-order valence-corrected chi connectivity index (χ0v) is 20.4. The van der Waals surface area contributed by atoms with Gasteiger partial charge in [0.2, 0.25) is 5.13 Å². The van der Waals surface area contributed by atoms with Gasteiger partial charge in [0, 0.05) is 0 Å². The van der Waals surface area contributed by atoms with Gasteiger partial charge in [0.05, 0.1) is 21.0 Å². The number of hydrogen-bond acceptors (Lipinski definition) is 10. The topological polar surface area (TPSA) is 190 Å². The number of aryl methyl sites for hydroxylation is 3. The molecule has 15 heteroatoms. The number of hydrogen-bond donors (Lipinski definition) is 3. The Hall–Kier alpha value is -3.24. The highest BCUT2D eigenvalue weighted by Gasteiger charge is 2.20. The van der Waals surface area contributed by atoms with Crippen molar-refractivity contribution in [2.75, 3.05) is 5.73 Å². The average molecular weight is 523 g/mol. The maximum atomic E-state index is 11.7. The fourth-order valence-electron chi connectivity index (χ4n) is 3.32. The van der Waals surface area contributed by atoms with Gasteiger partial charge in [0.25, 0.3) is 20.2 Å². The third-order valence-electron chi connectivity index (χ3n) is 4.86. The predicted molar refractivity (Wildman–Crippen MR) is 126 cm³/mol. The summed E-state index contributed by atoms with van der Waals surface area (Å²) in [4.78, 5) is 3.61. The third-order valence-corrected chi connectivity index (χ3v) is 7.47. The summed E-state index contributed by atoms with van der Waals surface area (Å²) in [5.74, 6) is 0.125. The van der Waals surface area contributed by atoms with Crippen molar-refractivity contribution in [3.05, 3.63) is 47.2 Å². The Balaban J connectivity index is 1.74. The number of nitrogen functional groups attached to an aromatic ring is 1. The van der Waals surface area contributed by atoms with Crippen LogP contribution in [0, 0.1) is 20.8 Å². The molecule has 0 unspecified atom stereocenters. The standard InChI is InChI=1S/C19H18N6O6S3/c1-9-6-14-17(15(7-9)34(29,30)31)21-19(32-14)23-22-16-11(3)24-25(18(16)20)13-5-4-12(8-10(13)2)33(26,27)28/h4-8H,20H2,1-3H3,(H,26,27,28)(H,29,30,31)/b23-22+. The van der Waals surface area contributed by atoms with Crippen molar-refractivity contribution < 1.29 is 25.9 Å². The van der Waals surface area contributed by atoms with E-state index in [2.05, 4.69) is 20.3 Å². The molecule has 4 rings (SSSR count). The molecule has 0 aliphatic carbocycles. The predicted octanol–water partition coefficient (Wildman–Crippen LogP) is 3.90. The Morgan fingerprint density at radius 2 is 1.71 bits per heavy atom. The van der Waals surface area contributed by atoms with Gasteiger partial charge in [-0.05, 0) is 62.2 Å². The minimum absolute atomic E-state index is 0.0852. The van der Waals surface area contributed by atoms with Crippen LogP contribution in [0.2, 0.25) is 0 Å². The summed E-state index contributed by atoms with van der Waals surface area (Å²) >= 11 is 1.09. The fraction of sp³-hybridized carbons (Fsp3) is 0.158. The quantitative estimate of drug-likeness (QED) is 0.258. The molecule has 2 heterocycles. The molecule has 178 valence electrons. The number of benzene rings is 2. The molecule has 2 aromatic heterocycles. The van der Waals surface area contributed by atoms with Crippen LogP contribution in [-0.2, 0) is 20.2 Å². The van der Waals surface area contributed by atoms with Crippen molar-refractivity contribution in [3.8, 4) is 5.69 Å². The number of anilines is 1. The lowest BCUT2D eigenvalue weighted by Gasteiger charge is -2.09. The van der Waals surface area contributed by atoms with Gasteiger partial charge in [0.1, 0.15) is 10.4 Å². The van der Waals surface area contributed by atoms with Crippen LogP contribution in [0.1, 0.15) is 16.8 Å². The Kier molecular flexibility index (Phi) is 5.77. The van der Waals surface area contributed by atoms with Crippen LogP contribution in [0.5, 0.6) is 0 Å². The third kappa shape index (κ3) is 4.43. The molecule has 0 radical (unpaired) electrons. The highest BCUT2D eigenvalue weighted by atomic mass is 32.2. The van der Waals surface area contributed by atoms with Gasteiger partial charge in [-0.15, -0.1) is 10.2 Å². The lowest BCUT2D eigenvalue weighted by Crippen LogP contribution is -2.05. The first-order valence-electron chi connectivity index (χ1n) is 9.49. The van der Waals surface area contributed by atoms with E-state index < -0.39 is 20.2 Å². The second-order valence-corrected chi connectivity index (χ2v) is 11.3. The largest absolute Gasteiger partial charge is 0.382 e. The zero-order chi connectivity index (χ0) is 25.0. The number of thiazole rings is 1. The van der Waals surface area contributed by atoms with Gasteiger partial charge in [0.15, 0.2) is 11.5 Å². The number of fused-ring (bicyclic) bond motifs is 1. The van der Waals surface area contributed by atoms with Crippen LogP contribution >= 0.6 is 11.3 Å². The Morgan fingerprint density at radius 1 is 1.00 bits per heavy atom. The molecule has 0 saturated carbocycles. The van der Waals surface area contributed by atoms with E-state index in [0.29, 0.717) is 27.2 Å². The molecule has 0 spiro atoms. The smallest absolute Gasteiger partial charge is 0.296 e. The minimum atomic E-state index is -4.48. The highest BCUT2D eigenvalue weighted by molar-refractivity contribution is 7.86. The number of rotatable bonds is 5. The summed E-state index contributed by atoms with van der Waals surface area (Å²) < 4.78 is 66.8. The summed E-state index contributed by atoms with van der Waals surface area (Å²) in [6.45, 7) is 4.98. The maximum absolute atomic E-state index is 11.7. The first-order valence-corrected chi connectivity index (χ1v) is 13.2. The molecule has 0 atom stereocenters. The molecule has 4 N–H and O–H groups in total. The lowest BCUT2D eigenvalue weighted by atomic mass is 10.2. The van der Waals surface area contributed by atoms with E-state index in [4.69, 9.17) is 5.73 Å². The average Bonchev–Trinajstić information content (AvgIpc) is 3.24. The van der Waals surface area contributed by atoms with Crippen molar-refractivity contribution in [3.63, 3.8) is 0 Å².